The number of rotatable bonds is 7. The molecule has 1 heterocycles. The number of aliphatic hydroxyl groups is 1. The number of aryl methyl sites for hydroxylation is 2. The molecule has 1 aliphatic heterocycles. The molecular weight excluding hydrogens is 494 g/mol. The van der Waals surface area contributed by atoms with E-state index in [4.69, 9.17) is 9.47 Å². The lowest BCUT2D eigenvalue weighted by Gasteiger charge is -2.26. The fourth-order valence-corrected chi connectivity index (χ4v) is 4.98. The van der Waals surface area contributed by atoms with Gasteiger partial charge in [0.25, 0.3) is 11.7 Å². The van der Waals surface area contributed by atoms with Crippen LogP contribution in [0.25, 0.3) is 5.76 Å². The molecule has 3 aromatic carbocycles. The second-order valence-corrected chi connectivity index (χ2v) is 9.92. The van der Waals surface area contributed by atoms with Gasteiger partial charge in [-0.05, 0) is 73.7 Å². The molecule has 1 aliphatic rings. The molecule has 1 N–H and O–H groups in total. The molecule has 202 valence electrons. The van der Waals surface area contributed by atoms with E-state index >= 15 is 0 Å². The van der Waals surface area contributed by atoms with E-state index in [2.05, 4.69) is 0 Å². The van der Waals surface area contributed by atoms with E-state index in [-0.39, 0.29) is 29.4 Å². The molecule has 0 aliphatic carbocycles. The summed E-state index contributed by atoms with van der Waals surface area (Å²) in [4.78, 5) is 41.0. The molecule has 0 bridgehead atoms. The highest BCUT2D eigenvalue weighted by atomic mass is 16.5. The van der Waals surface area contributed by atoms with Crippen LogP contribution in [-0.4, -0.2) is 36.5 Å². The number of aliphatic hydroxyl groups excluding tert-OH is 1. The summed E-state index contributed by atoms with van der Waals surface area (Å²) in [5.74, 6) is -1.61. The Bertz CT molecular complexity index is 1490. The molecule has 7 nitrogen and oxygen atoms in total. The number of carbonyl (C=O) groups is 3. The Morgan fingerprint density at radius 1 is 1.03 bits per heavy atom. The van der Waals surface area contributed by atoms with E-state index < -0.39 is 23.7 Å². The van der Waals surface area contributed by atoms with E-state index in [1.54, 1.807) is 32.2 Å². The first-order valence-corrected chi connectivity index (χ1v) is 12.9. The standard InChI is InChI=1S/C32H33NO6/c1-7-39-32(37)22-12-9-13-23(16-22)33-28(21-11-8-10-19(4)14-21)27(30(35)31(33)36)29(34)25-17-24(18(2)3)26(38-6)15-20(25)5/h8-18,28,34H,7H2,1-6H3/b29-27+. The lowest BCUT2D eigenvalue weighted by atomic mass is 9.90. The Kier molecular flexibility index (Phi) is 7.90. The Morgan fingerprint density at radius 2 is 1.74 bits per heavy atom. The number of hydrogen-bond donors (Lipinski definition) is 1. The predicted molar refractivity (Wildman–Crippen MR) is 150 cm³/mol. The highest BCUT2D eigenvalue weighted by molar-refractivity contribution is 6.51. The molecule has 1 atom stereocenters. The number of ether oxygens (including phenoxy) is 2. The number of benzene rings is 3. The molecule has 1 unspecified atom stereocenters. The molecule has 39 heavy (non-hydrogen) atoms. The van der Waals surface area contributed by atoms with Gasteiger partial charge in [0.15, 0.2) is 0 Å². The number of esters is 1. The average Bonchev–Trinajstić information content (AvgIpc) is 3.18. The summed E-state index contributed by atoms with van der Waals surface area (Å²) in [6.07, 6.45) is 0. The third-order valence-corrected chi connectivity index (χ3v) is 6.89. The number of Topliss-reactive ketones (excluding diaryl/α,β-unsaturated/α-hetero) is 1. The van der Waals surface area contributed by atoms with Gasteiger partial charge in [0.2, 0.25) is 0 Å². The van der Waals surface area contributed by atoms with Gasteiger partial charge in [0.1, 0.15) is 11.5 Å². The van der Waals surface area contributed by atoms with Gasteiger partial charge in [-0.1, -0.05) is 49.7 Å². The third-order valence-electron chi connectivity index (χ3n) is 6.89. The second kappa shape index (κ2) is 11.2. The van der Waals surface area contributed by atoms with Crippen LogP contribution in [-0.2, 0) is 14.3 Å². The van der Waals surface area contributed by atoms with Gasteiger partial charge in [-0.15, -0.1) is 0 Å². The quantitative estimate of drug-likeness (QED) is 0.169. The molecule has 3 aromatic rings. The van der Waals surface area contributed by atoms with Gasteiger partial charge in [0.05, 0.1) is 30.9 Å². The minimum absolute atomic E-state index is 0.0184. The number of nitrogens with zero attached hydrogens (tertiary/aromatic N) is 1. The van der Waals surface area contributed by atoms with Crippen LogP contribution in [0.5, 0.6) is 5.75 Å². The van der Waals surface area contributed by atoms with Crippen molar-refractivity contribution in [1.29, 1.82) is 0 Å². The van der Waals surface area contributed by atoms with E-state index in [0.717, 1.165) is 11.1 Å². The van der Waals surface area contributed by atoms with Crippen molar-refractivity contribution >= 4 is 29.1 Å². The van der Waals surface area contributed by atoms with E-state index in [1.807, 2.05) is 64.1 Å². The molecule has 1 fully saturated rings. The summed E-state index contributed by atoms with van der Waals surface area (Å²) in [7, 11) is 1.59. The fourth-order valence-electron chi connectivity index (χ4n) is 4.98. The largest absolute Gasteiger partial charge is 0.507 e. The Balaban J connectivity index is 1.97. The molecular formula is C32H33NO6. The molecule has 0 spiro atoms. The van der Waals surface area contributed by atoms with Crippen LogP contribution in [0.15, 0.2) is 66.2 Å². The van der Waals surface area contributed by atoms with Gasteiger partial charge in [-0.3, -0.25) is 14.5 Å². The van der Waals surface area contributed by atoms with Crippen LogP contribution in [0.2, 0.25) is 0 Å². The number of methoxy groups -OCH3 is 1. The van der Waals surface area contributed by atoms with Gasteiger partial charge in [0, 0.05) is 11.3 Å². The summed E-state index contributed by atoms with van der Waals surface area (Å²) in [5.41, 5.74) is 4.20. The van der Waals surface area contributed by atoms with E-state index in [0.29, 0.717) is 28.1 Å². The van der Waals surface area contributed by atoms with Crippen LogP contribution in [0.1, 0.15) is 70.9 Å². The van der Waals surface area contributed by atoms with Crippen molar-refractivity contribution in [3.8, 4) is 5.75 Å². The number of hydrogen-bond acceptors (Lipinski definition) is 6. The molecule has 7 heteroatoms. The second-order valence-electron chi connectivity index (χ2n) is 9.92. The molecule has 0 aromatic heterocycles. The fraction of sp³-hybridized carbons (Fsp3) is 0.281. The lowest BCUT2D eigenvalue weighted by molar-refractivity contribution is -0.132. The van der Waals surface area contributed by atoms with Crippen molar-refractivity contribution in [3.05, 3.63) is 99.6 Å². The summed E-state index contributed by atoms with van der Waals surface area (Å²) < 4.78 is 10.7. The molecule has 1 amide bonds. The maximum absolute atomic E-state index is 13.6. The average molecular weight is 528 g/mol. The molecule has 0 radical (unpaired) electrons. The highest BCUT2D eigenvalue weighted by Crippen LogP contribution is 2.43. The maximum atomic E-state index is 13.6. The van der Waals surface area contributed by atoms with Crippen molar-refractivity contribution in [2.45, 2.75) is 46.6 Å². The lowest BCUT2D eigenvalue weighted by Crippen LogP contribution is -2.29. The third kappa shape index (κ3) is 5.17. The number of carbonyl (C=O) groups excluding carboxylic acids is 3. The van der Waals surface area contributed by atoms with Crippen LogP contribution in [0, 0.1) is 13.8 Å². The molecule has 1 saturated heterocycles. The van der Waals surface area contributed by atoms with Gasteiger partial charge < -0.3 is 14.6 Å². The highest BCUT2D eigenvalue weighted by Gasteiger charge is 2.47. The van der Waals surface area contributed by atoms with Crippen molar-refractivity contribution < 1.29 is 29.0 Å². The summed E-state index contributed by atoms with van der Waals surface area (Å²) >= 11 is 0. The predicted octanol–water partition coefficient (Wildman–Crippen LogP) is 6.24. The molecule has 4 rings (SSSR count). The first-order valence-electron chi connectivity index (χ1n) is 12.9. The Labute approximate surface area is 228 Å². The van der Waals surface area contributed by atoms with Crippen LogP contribution < -0.4 is 9.64 Å². The van der Waals surface area contributed by atoms with Crippen molar-refractivity contribution in [1.82, 2.24) is 0 Å². The minimum atomic E-state index is -0.911. The zero-order valence-electron chi connectivity index (χ0n) is 23.1. The smallest absolute Gasteiger partial charge is 0.338 e. The minimum Gasteiger partial charge on any atom is -0.507 e. The van der Waals surface area contributed by atoms with Crippen LogP contribution in [0.4, 0.5) is 5.69 Å². The number of ketones is 1. The summed E-state index contributed by atoms with van der Waals surface area (Å²) in [5, 5.41) is 11.7. The normalized spacial score (nSPS) is 16.6. The monoisotopic (exact) mass is 527 g/mol. The zero-order chi connectivity index (χ0) is 28.4. The van der Waals surface area contributed by atoms with Crippen molar-refractivity contribution in [2.24, 2.45) is 0 Å². The van der Waals surface area contributed by atoms with Crippen molar-refractivity contribution in [3.63, 3.8) is 0 Å². The van der Waals surface area contributed by atoms with Gasteiger partial charge in [-0.2, -0.15) is 0 Å². The van der Waals surface area contributed by atoms with Crippen LogP contribution in [0.3, 0.4) is 0 Å². The summed E-state index contributed by atoms with van der Waals surface area (Å²) in [6, 6.07) is 16.6. The Hall–Kier alpha value is -4.39. The maximum Gasteiger partial charge on any atom is 0.338 e. The first-order chi connectivity index (χ1) is 18.6. The van der Waals surface area contributed by atoms with Gasteiger partial charge >= 0.3 is 5.97 Å². The first kappa shape index (κ1) is 27.6. The van der Waals surface area contributed by atoms with Crippen molar-refractivity contribution in [2.75, 3.05) is 18.6 Å². The summed E-state index contributed by atoms with van der Waals surface area (Å²) in [6.45, 7) is 9.68. The Morgan fingerprint density at radius 3 is 2.38 bits per heavy atom. The number of amides is 1. The number of anilines is 1. The van der Waals surface area contributed by atoms with Crippen LogP contribution >= 0.6 is 0 Å². The zero-order valence-corrected chi connectivity index (χ0v) is 23.1. The van der Waals surface area contributed by atoms with Gasteiger partial charge in [-0.25, -0.2) is 4.79 Å². The van der Waals surface area contributed by atoms with E-state index in [1.165, 1.54) is 11.0 Å². The topological polar surface area (TPSA) is 93.1 Å². The van der Waals surface area contributed by atoms with E-state index in [9.17, 15) is 19.5 Å². The SMILES string of the molecule is CCOC(=O)c1cccc(N2C(=O)C(=O)/C(=C(/O)c3cc(C(C)C)c(OC)cc3C)C2c2cccc(C)c2)c1. The molecule has 0 saturated carbocycles.